The maximum absolute atomic E-state index is 6.10. The van der Waals surface area contributed by atoms with E-state index in [9.17, 15) is 0 Å². The maximum atomic E-state index is 6.10. The second kappa shape index (κ2) is 7.14. The summed E-state index contributed by atoms with van der Waals surface area (Å²) in [4.78, 5) is 6.67. The van der Waals surface area contributed by atoms with E-state index in [1.165, 1.54) is 24.0 Å². The Morgan fingerprint density at radius 1 is 1.22 bits per heavy atom. The van der Waals surface area contributed by atoms with E-state index in [0.717, 1.165) is 30.3 Å². The molecule has 1 saturated carbocycles. The largest absolute Gasteiger partial charge is 0.489 e. The van der Waals surface area contributed by atoms with E-state index in [1.807, 2.05) is 18.3 Å². The fraction of sp³-hybridized carbons (Fsp3) is 0.450. The first kappa shape index (κ1) is 16.0. The van der Waals surface area contributed by atoms with Gasteiger partial charge in [-0.1, -0.05) is 6.07 Å². The molecule has 0 aliphatic heterocycles. The van der Waals surface area contributed by atoms with Crippen molar-refractivity contribution in [3.8, 4) is 17.0 Å². The molecule has 0 spiro atoms. The van der Waals surface area contributed by atoms with Crippen LogP contribution in [0.5, 0.6) is 5.75 Å². The van der Waals surface area contributed by atoms with Gasteiger partial charge in [0, 0.05) is 18.3 Å². The lowest BCUT2D eigenvalue weighted by molar-refractivity contribution is 0.177. The van der Waals surface area contributed by atoms with Crippen molar-refractivity contribution in [2.75, 3.05) is 20.6 Å². The summed E-state index contributed by atoms with van der Waals surface area (Å²) in [6.07, 6.45) is 5.87. The molecule has 23 heavy (non-hydrogen) atoms. The van der Waals surface area contributed by atoms with Gasteiger partial charge >= 0.3 is 0 Å². The van der Waals surface area contributed by atoms with Gasteiger partial charge < -0.3 is 9.64 Å². The van der Waals surface area contributed by atoms with E-state index in [0.29, 0.717) is 0 Å². The molecule has 1 aliphatic carbocycles. The van der Waals surface area contributed by atoms with Gasteiger partial charge in [0.2, 0.25) is 0 Å². The summed E-state index contributed by atoms with van der Waals surface area (Å²) in [5, 5.41) is 0. The summed E-state index contributed by atoms with van der Waals surface area (Å²) in [7, 11) is 4.14. The molecule has 0 bridgehead atoms. The number of pyridine rings is 1. The molecule has 1 heterocycles. The molecule has 122 valence electrons. The number of rotatable bonds is 7. The predicted octanol–water partition coefficient (Wildman–Crippen LogP) is 4.03. The fourth-order valence-corrected chi connectivity index (χ4v) is 3.00. The number of likely N-dealkylation sites (N-methyl/N-ethyl adjacent to an activating group) is 1. The van der Waals surface area contributed by atoms with Gasteiger partial charge in [-0.05, 0) is 82.1 Å². The fourth-order valence-electron chi connectivity index (χ4n) is 3.00. The van der Waals surface area contributed by atoms with Crippen molar-refractivity contribution in [1.29, 1.82) is 0 Å². The lowest BCUT2D eigenvalue weighted by atomic mass is 9.99. The Balaban J connectivity index is 1.83. The van der Waals surface area contributed by atoms with E-state index in [4.69, 9.17) is 4.74 Å². The molecule has 0 saturated heterocycles. The third kappa shape index (κ3) is 4.55. The summed E-state index contributed by atoms with van der Waals surface area (Å²) in [5.41, 5.74) is 3.65. The minimum atomic E-state index is 0.180. The van der Waals surface area contributed by atoms with Crippen molar-refractivity contribution in [2.45, 2.75) is 32.3 Å². The highest BCUT2D eigenvalue weighted by molar-refractivity contribution is 5.65. The molecule has 3 rings (SSSR count). The summed E-state index contributed by atoms with van der Waals surface area (Å²) < 4.78 is 6.10. The van der Waals surface area contributed by atoms with Crippen molar-refractivity contribution in [3.05, 3.63) is 48.2 Å². The summed E-state index contributed by atoms with van der Waals surface area (Å²) in [5.74, 6) is 1.81. The highest BCUT2D eigenvalue weighted by Crippen LogP contribution is 2.36. The molecule has 3 heteroatoms. The molecule has 1 unspecified atom stereocenters. The second-order valence-electron chi connectivity index (χ2n) is 6.87. The van der Waals surface area contributed by atoms with Gasteiger partial charge in [0.25, 0.3) is 0 Å². The molecule has 0 amide bonds. The van der Waals surface area contributed by atoms with Crippen molar-refractivity contribution in [1.82, 2.24) is 9.88 Å². The zero-order valence-electron chi connectivity index (χ0n) is 14.3. The van der Waals surface area contributed by atoms with E-state index >= 15 is 0 Å². The van der Waals surface area contributed by atoms with Crippen LogP contribution in [0, 0.1) is 5.92 Å². The topological polar surface area (TPSA) is 25.4 Å². The molecular weight excluding hydrogens is 284 g/mol. The maximum Gasteiger partial charge on any atom is 0.120 e. The average Bonchev–Trinajstić information content (AvgIpc) is 3.31. The van der Waals surface area contributed by atoms with E-state index in [2.05, 4.69) is 55.2 Å². The molecular formula is C20H26N2O. The minimum Gasteiger partial charge on any atom is -0.489 e. The third-order valence-corrected chi connectivity index (χ3v) is 4.18. The molecule has 2 aromatic rings. The minimum absolute atomic E-state index is 0.180. The standard InChI is InChI=1S/C20H26N2O/c1-15(14-22(2)3)23-18-9-10-19(20-6-4-5-11-21-20)17(13-18)12-16-7-8-16/h4-6,9-11,13,15-16H,7-8,12,14H2,1-3H3. The molecule has 1 fully saturated rings. The normalized spacial score (nSPS) is 15.7. The van der Waals surface area contributed by atoms with Crippen LogP contribution in [-0.4, -0.2) is 36.6 Å². The molecule has 1 atom stereocenters. The van der Waals surface area contributed by atoms with Crippen LogP contribution in [-0.2, 0) is 6.42 Å². The van der Waals surface area contributed by atoms with Gasteiger partial charge in [-0.2, -0.15) is 0 Å². The van der Waals surface area contributed by atoms with Gasteiger partial charge in [-0.25, -0.2) is 0 Å². The van der Waals surface area contributed by atoms with E-state index < -0.39 is 0 Å². The van der Waals surface area contributed by atoms with E-state index in [1.54, 1.807) is 0 Å². The number of benzene rings is 1. The smallest absolute Gasteiger partial charge is 0.120 e. The molecule has 1 aromatic heterocycles. The van der Waals surface area contributed by atoms with Gasteiger partial charge in [0.1, 0.15) is 11.9 Å². The van der Waals surface area contributed by atoms with Gasteiger partial charge in [-0.15, -0.1) is 0 Å². The van der Waals surface area contributed by atoms with Crippen molar-refractivity contribution < 1.29 is 4.74 Å². The molecule has 1 aliphatic rings. The Labute approximate surface area is 139 Å². The van der Waals surface area contributed by atoms with Crippen LogP contribution in [0.1, 0.15) is 25.3 Å². The number of nitrogens with zero attached hydrogens (tertiary/aromatic N) is 2. The molecule has 0 N–H and O–H groups in total. The lowest BCUT2D eigenvalue weighted by Crippen LogP contribution is -2.28. The monoisotopic (exact) mass is 310 g/mol. The average molecular weight is 310 g/mol. The highest BCUT2D eigenvalue weighted by Gasteiger charge is 2.23. The number of hydrogen-bond acceptors (Lipinski definition) is 3. The second-order valence-corrected chi connectivity index (χ2v) is 6.87. The van der Waals surface area contributed by atoms with Gasteiger partial charge in [0.05, 0.1) is 5.69 Å². The first-order valence-corrected chi connectivity index (χ1v) is 8.47. The quantitative estimate of drug-likeness (QED) is 0.772. The molecule has 0 radical (unpaired) electrons. The van der Waals surface area contributed by atoms with E-state index in [-0.39, 0.29) is 6.10 Å². The van der Waals surface area contributed by atoms with Crippen molar-refractivity contribution in [3.63, 3.8) is 0 Å². The first-order valence-electron chi connectivity index (χ1n) is 8.47. The van der Waals surface area contributed by atoms with Crippen LogP contribution < -0.4 is 4.74 Å². The summed E-state index contributed by atoms with van der Waals surface area (Å²) in [6.45, 7) is 3.03. The Morgan fingerprint density at radius 3 is 2.70 bits per heavy atom. The summed E-state index contributed by atoms with van der Waals surface area (Å²) >= 11 is 0. The van der Waals surface area contributed by atoms with Crippen LogP contribution in [0.15, 0.2) is 42.6 Å². The predicted molar refractivity (Wildman–Crippen MR) is 94.7 cm³/mol. The zero-order valence-corrected chi connectivity index (χ0v) is 14.3. The Hall–Kier alpha value is -1.87. The number of ether oxygens (including phenoxy) is 1. The molecule has 1 aromatic carbocycles. The van der Waals surface area contributed by atoms with Crippen LogP contribution in [0.3, 0.4) is 0 Å². The van der Waals surface area contributed by atoms with Crippen LogP contribution in [0.25, 0.3) is 11.3 Å². The highest BCUT2D eigenvalue weighted by atomic mass is 16.5. The first-order chi connectivity index (χ1) is 11.1. The third-order valence-electron chi connectivity index (χ3n) is 4.18. The van der Waals surface area contributed by atoms with Crippen molar-refractivity contribution in [2.24, 2.45) is 5.92 Å². The van der Waals surface area contributed by atoms with Crippen LogP contribution >= 0.6 is 0 Å². The number of aromatic nitrogens is 1. The van der Waals surface area contributed by atoms with Crippen LogP contribution in [0.4, 0.5) is 0 Å². The number of hydrogen-bond donors (Lipinski definition) is 0. The summed E-state index contributed by atoms with van der Waals surface area (Å²) in [6, 6.07) is 12.6. The molecule has 3 nitrogen and oxygen atoms in total. The van der Waals surface area contributed by atoms with Gasteiger partial charge in [0.15, 0.2) is 0 Å². The zero-order chi connectivity index (χ0) is 16.2. The lowest BCUT2D eigenvalue weighted by Gasteiger charge is -2.20. The Morgan fingerprint density at radius 2 is 2.04 bits per heavy atom. The Bertz CT molecular complexity index is 635. The SMILES string of the molecule is CC(CN(C)C)Oc1ccc(-c2ccccn2)c(CC2CC2)c1. The Kier molecular flexibility index (Phi) is 4.97. The van der Waals surface area contributed by atoms with Crippen molar-refractivity contribution >= 4 is 0 Å². The van der Waals surface area contributed by atoms with Gasteiger partial charge in [-0.3, -0.25) is 4.98 Å². The van der Waals surface area contributed by atoms with Crippen LogP contribution in [0.2, 0.25) is 0 Å².